The number of benzene rings is 2. The van der Waals surface area contributed by atoms with E-state index in [1.165, 1.54) is 0 Å². The average Bonchev–Trinajstić information content (AvgIpc) is 2.66. The van der Waals surface area contributed by atoms with Crippen molar-refractivity contribution in [3.63, 3.8) is 0 Å². The summed E-state index contributed by atoms with van der Waals surface area (Å²) in [5, 5.41) is 3.18. The summed E-state index contributed by atoms with van der Waals surface area (Å²) in [4.78, 5) is 14.3. The van der Waals surface area contributed by atoms with Crippen LogP contribution in [0.15, 0.2) is 54.6 Å². The molecule has 0 aromatic heterocycles. The van der Waals surface area contributed by atoms with Gasteiger partial charge < -0.3 is 19.7 Å². The van der Waals surface area contributed by atoms with Crippen LogP contribution in [0.2, 0.25) is 0 Å². The van der Waals surface area contributed by atoms with Crippen LogP contribution in [0.4, 0.5) is 11.4 Å². The smallest absolute Gasteiger partial charge is 0.246 e. The van der Waals surface area contributed by atoms with Gasteiger partial charge in [0, 0.05) is 18.8 Å². The average molecular weight is 342 g/mol. The number of para-hydroxylation sites is 3. The van der Waals surface area contributed by atoms with Crippen molar-refractivity contribution in [1.29, 1.82) is 0 Å². The van der Waals surface area contributed by atoms with Crippen molar-refractivity contribution in [2.24, 2.45) is 0 Å². The monoisotopic (exact) mass is 342 g/mol. The molecule has 0 aliphatic heterocycles. The lowest BCUT2D eigenvalue weighted by Gasteiger charge is -2.22. The molecular weight excluding hydrogens is 316 g/mol. The summed E-state index contributed by atoms with van der Waals surface area (Å²) < 4.78 is 11.0. The van der Waals surface area contributed by atoms with Crippen LogP contribution >= 0.6 is 0 Å². The van der Waals surface area contributed by atoms with E-state index in [2.05, 4.69) is 5.32 Å². The van der Waals surface area contributed by atoms with Crippen molar-refractivity contribution in [3.8, 4) is 5.75 Å². The Morgan fingerprint density at radius 2 is 1.72 bits per heavy atom. The first-order chi connectivity index (χ1) is 12.3. The van der Waals surface area contributed by atoms with E-state index in [-0.39, 0.29) is 12.5 Å². The number of rotatable bonds is 10. The van der Waals surface area contributed by atoms with Crippen molar-refractivity contribution in [2.75, 3.05) is 43.1 Å². The zero-order valence-electron chi connectivity index (χ0n) is 14.9. The number of nitrogens with zero attached hydrogens (tertiary/aromatic N) is 1. The Morgan fingerprint density at radius 1 is 1.00 bits per heavy atom. The topological polar surface area (TPSA) is 50.8 Å². The molecule has 0 bridgehead atoms. The van der Waals surface area contributed by atoms with Gasteiger partial charge in [-0.05, 0) is 38.1 Å². The van der Waals surface area contributed by atoms with Crippen molar-refractivity contribution in [2.45, 2.75) is 13.8 Å². The molecule has 5 heteroatoms. The number of amides is 1. The fourth-order valence-corrected chi connectivity index (χ4v) is 2.47. The molecule has 25 heavy (non-hydrogen) atoms. The van der Waals surface area contributed by atoms with Gasteiger partial charge in [0.15, 0.2) is 0 Å². The number of likely N-dealkylation sites (N-methyl/N-ethyl adjacent to an activating group) is 1. The molecule has 0 atom stereocenters. The number of ether oxygens (including phenoxy) is 2. The Labute approximate surface area is 149 Å². The van der Waals surface area contributed by atoms with Gasteiger partial charge in [-0.3, -0.25) is 4.79 Å². The van der Waals surface area contributed by atoms with Gasteiger partial charge in [0.05, 0.1) is 18.8 Å². The number of carbonyl (C=O) groups is 1. The summed E-state index contributed by atoms with van der Waals surface area (Å²) in [6.07, 6.45) is 0. The molecule has 0 aliphatic carbocycles. The van der Waals surface area contributed by atoms with E-state index < -0.39 is 0 Å². The highest BCUT2D eigenvalue weighted by molar-refractivity contribution is 5.96. The van der Waals surface area contributed by atoms with E-state index in [0.29, 0.717) is 26.4 Å². The quantitative estimate of drug-likeness (QED) is 0.671. The molecule has 2 aromatic carbocycles. The lowest BCUT2D eigenvalue weighted by Crippen LogP contribution is -2.35. The normalized spacial score (nSPS) is 10.3. The molecule has 0 aliphatic rings. The Bertz CT molecular complexity index is 646. The largest absolute Gasteiger partial charge is 0.489 e. The third-order valence-corrected chi connectivity index (χ3v) is 3.69. The van der Waals surface area contributed by atoms with Gasteiger partial charge in [0.25, 0.3) is 0 Å². The van der Waals surface area contributed by atoms with Crippen LogP contribution in [-0.4, -0.2) is 38.8 Å². The molecule has 0 unspecified atom stereocenters. The maximum atomic E-state index is 12.6. The van der Waals surface area contributed by atoms with Gasteiger partial charge in [-0.2, -0.15) is 0 Å². The van der Waals surface area contributed by atoms with E-state index in [1.807, 2.05) is 68.4 Å². The molecule has 0 spiro atoms. The predicted octanol–water partition coefficient (Wildman–Crippen LogP) is 3.57. The Hall–Kier alpha value is -2.53. The number of anilines is 2. The minimum absolute atomic E-state index is 0.0119. The summed E-state index contributed by atoms with van der Waals surface area (Å²) in [5.74, 6) is 0.732. The molecule has 0 saturated heterocycles. The maximum absolute atomic E-state index is 12.6. The van der Waals surface area contributed by atoms with Crippen LogP contribution in [-0.2, 0) is 9.53 Å². The van der Waals surface area contributed by atoms with Gasteiger partial charge in [0.1, 0.15) is 12.4 Å². The Balaban J connectivity index is 1.94. The minimum Gasteiger partial charge on any atom is -0.489 e. The van der Waals surface area contributed by atoms with Crippen molar-refractivity contribution in [1.82, 2.24) is 0 Å². The standard InChI is InChI=1S/C20H26N2O3/c1-3-22(17-10-6-5-7-11-17)20(23)16-21-18-12-8-9-13-19(18)25-15-14-24-4-2/h5-13,21H,3-4,14-16H2,1-2H3. The SMILES string of the molecule is CCOCCOc1ccccc1NCC(=O)N(CC)c1ccccc1. The van der Waals surface area contributed by atoms with E-state index in [0.717, 1.165) is 17.1 Å². The highest BCUT2D eigenvalue weighted by atomic mass is 16.5. The fourth-order valence-electron chi connectivity index (χ4n) is 2.47. The first-order valence-electron chi connectivity index (χ1n) is 8.65. The zero-order chi connectivity index (χ0) is 17.9. The van der Waals surface area contributed by atoms with Crippen LogP contribution in [0.5, 0.6) is 5.75 Å². The first-order valence-corrected chi connectivity index (χ1v) is 8.65. The molecule has 0 heterocycles. The summed E-state index contributed by atoms with van der Waals surface area (Å²) in [7, 11) is 0. The number of hydrogen-bond acceptors (Lipinski definition) is 4. The molecular formula is C20H26N2O3. The molecule has 0 saturated carbocycles. The number of nitrogens with one attached hydrogen (secondary N) is 1. The van der Waals surface area contributed by atoms with Gasteiger partial charge in [-0.1, -0.05) is 30.3 Å². The van der Waals surface area contributed by atoms with Crippen LogP contribution in [0.25, 0.3) is 0 Å². The summed E-state index contributed by atoms with van der Waals surface area (Å²) >= 11 is 0. The van der Waals surface area contributed by atoms with Crippen LogP contribution in [0.3, 0.4) is 0 Å². The second kappa shape index (κ2) is 10.4. The molecule has 1 N–H and O–H groups in total. The predicted molar refractivity (Wildman–Crippen MR) is 101 cm³/mol. The third kappa shape index (κ3) is 5.80. The van der Waals surface area contributed by atoms with Crippen molar-refractivity contribution < 1.29 is 14.3 Å². The zero-order valence-corrected chi connectivity index (χ0v) is 14.9. The van der Waals surface area contributed by atoms with Gasteiger partial charge in [0.2, 0.25) is 5.91 Å². The van der Waals surface area contributed by atoms with Crippen molar-refractivity contribution in [3.05, 3.63) is 54.6 Å². The van der Waals surface area contributed by atoms with Crippen LogP contribution < -0.4 is 15.0 Å². The lowest BCUT2D eigenvalue weighted by molar-refractivity contribution is -0.116. The van der Waals surface area contributed by atoms with E-state index in [1.54, 1.807) is 4.90 Å². The second-order valence-corrected chi connectivity index (χ2v) is 5.37. The number of hydrogen-bond donors (Lipinski definition) is 1. The van der Waals surface area contributed by atoms with Gasteiger partial charge in [-0.25, -0.2) is 0 Å². The van der Waals surface area contributed by atoms with Crippen molar-refractivity contribution >= 4 is 17.3 Å². The fraction of sp³-hybridized carbons (Fsp3) is 0.350. The molecule has 134 valence electrons. The van der Waals surface area contributed by atoms with Crippen LogP contribution in [0.1, 0.15) is 13.8 Å². The Kier molecular flexibility index (Phi) is 7.79. The highest BCUT2D eigenvalue weighted by Crippen LogP contribution is 2.23. The molecule has 0 radical (unpaired) electrons. The van der Waals surface area contributed by atoms with E-state index >= 15 is 0 Å². The maximum Gasteiger partial charge on any atom is 0.246 e. The minimum atomic E-state index is 0.0119. The van der Waals surface area contributed by atoms with Crippen LogP contribution in [0, 0.1) is 0 Å². The third-order valence-electron chi connectivity index (χ3n) is 3.69. The highest BCUT2D eigenvalue weighted by Gasteiger charge is 2.14. The Morgan fingerprint density at radius 3 is 2.44 bits per heavy atom. The summed E-state index contributed by atoms with van der Waals surface area (Å²) in [6.45, 7) is 6.44. The number of carbonyl (C=O) groups excluding carboxylic acids is 1. The molecule has 1 amide bonds. The molecule has 5 nitrogen and oxygen atoms in total. The van der Waals surface area contributed by atoms with E-state index in [4.69, 9.17) is 9.47 Å². The molecule has 2 rings (SSSR count). The lowest BCUT2D eigenvalue weighted by atomic mass is 10.2. The van der Waals surface area contributed by atoms with Gasteiger partial charge in [-0.15, -0.1) is 0 Å². The first kappa shape index (κ1) is 18.8. The van der Waals surface area contributed by atoms with Gasteiger partial charge >= 0.3 is 0 Å². The summed E-state index contributed by atoms with van der Waals surface area (Å²) in [5.41, 5.74) is 1.70. The molecule has 0 fully saturated rings. The summed E-state index contributed by atoms with van der Waals surface area (Å²) in [6, 6.07) is 17.3. The van der Waals surface area contributed by atoms with E-state index in [9.17, 15) is 4.79 Å². The second-order valence-electron chi connectivity index (χ2n) is 5.37. The molecule has 2 aromatic rings.